The van der Waals surface area contributed by atoms with Gasteiger partial charge in [-0.1, -0.05) is 0 Å². The Hall–Kier alpha value is -2.68. The molecule has 0 amide bonds. The zero-order chi connectivity index (χ0) is 17.2. The molecule has 0 aromatic heterocycles. The van der Waals surface area contributed by atoms with E-state index in [0.717, 1.165) is 6.21 Å². The highest BCUT2D eigenvalue weighted by atomic mass is 16.6. The fourth-order valence-electron chi connectivity index (χ4n) is 1.60. The maximum atomic E-state index is 11.3. The van der Waals surface area contributed by atoms with Crippen molar-refractivity contribution in [3.63, 3.8) is 0 Å². The first-order valence-corrected chi connectivity index (χ1v) is 6.72. The Labute approximate surface area is 133 Å². The lowest BCUT2D eigenvalue weighted by Gasteiger charge is -2.11. The van der Waals surface area contributed by atoms with Crippen molar-refractivity contribution in [2.45, 2.75) is 6.92 Å². The van der Waals surface area contributed by atoms with Gasteiger partial charge in [0.1, 0.15) is 18.5 Å². The van der Waals surface area contributed by atoms with Gasteiger partial charge in [-0.2, -0.15) is 0 Å². The quantitative estimate of drug-likeness (QED) is 0.224. The number of esters is 1. The van der Waals surface area contributed by atoms with Gasteiger partial charge >= 0.3 is 5.97 Å². The molecule has 0 N–H and O–H groups in total. The van der Waals surface area contributed by atoms with Crippen LogP contribution in [-0.2, 0) is 14.3 Å². The Balaban J connectivity index is 3.16. The largest absolute Gasteiger partial charge is 0.493 e. The minimum atomic E-state index is -0.695. The Morgan fingerprint density at radius 3 is 2.61 bits per heavy atom. The van der Waals surface area contributed by atoms with Crippen LogP contribution in [0.5, 0.6) is 11.5 Å². The highest BCUT2D eigenvalue weighted by Gasteiger charge is 2.19. The number of nitrogens with zero attached hydrogens (tertiary/aromatic N) is 2. The zero-order valence-electron chi connectivity index (χ0n) is 13.1. The molecule has 126 valence electrons. The van der Waals surface area contributed by atoms with E-state index in [0.29, 0.717) is 6.61 Å². The van der Waals surface area contributed by atoms with Gasteiger partial charge in [0, 0.05) is 13.2 Å². The lowest BCUT2D eigenvalue weighted by molar-refractivity contribution is -0.384. The Bertz CT molecular complexity index is 587. The molecule has 0 heterocycles. The van der Waals surface area contributed by atoms with E-state index in [2.05, 4.69) is 9.73 Å². The first kappa shape index (κ1) is 18.4. The van der Waals surface area contributed by atoms with E-state index in [1.165, 1.54) is 26.4 Å². The van der Waals surface area contributed by atoms with Crippen LogP contribution in [0.25, 0.3) is 0 Å². The zero-order valence-corrected chi connectivity index (χ0v) is 13.1. The molecule has 0 aliphatic carbocycles. The van der Waals surface area contributed by atoms with E-state index < -0.39 is 10.9 Å². The predicted octanol–water partition coefficient (Wildman–Crippen LogP) is 1.89. The van der Waals surface area contributed by atoms with Crippen LogP contribution in [0.1, 0.15) is 6.92 Å². The molecular formula is C14H18N2O7. The van der Waals surface area contributed by atoms with E-state index in [4.69, 9.17) is 14.2 Å². The number of carbonyl (C=O) groups excluding carboxylic acids is 1. The van der Waals surface area contributed by atoms with Gasteiger partial charge in [-0.25, -0.2) is 9.79 Å². The molecule has 0 fully saturated rings. The van der Waals surface area contributed by atoms with Gasteiger partial charge in [0.2, 0.25) is 0 Å². The summed E-state index contributed by atoms with van der Waals surface area (Å²) in [4.78, 5) is 25.6. The van der Waals surface area contributed by atoms with Crippen molar-refractivity contribution < 1.29 is 28.7 Å². The van der Waals surface area contributed by atoms with Gasteiger partial charge in [-0.3, -0.25) is 10.1 Å². The van der Waals surface area contributed by atoms with Gasteiger partial charge in [-0.05, 0) is 6.92 Å². The smallest absolute Gasteiger partial charge is 0.349 e. The van der Waals surface area contributed by atoms with Gasteiger partial charge in [0.15, 0.2) is 11.5 Å². The first-order valence-electron chi connectivity index (χ1n) is 6.72. The van der Waals surface area contributed by atoms with Crippen LogP contribution in [0, 0.1) is 10.1 Å². The summed E-state index contributed by atoms with van der Waals surface area (Å²) in [5, 5.41) is 11.1. The third-order valence-electron chi connectivity index (χ3n) is 2.60. The highest BCUT2D eigenvalue weighted by molar-refractivity contribution is 6.23. The molecule has 0 atom stereocenters. The van der Waals surface area contributed by atoms with Crippen LogP contribution in [0.3, 0.4) is 0 Å². The minimum absolute atomic E-state index is 0.0451. The van der Waals surface area contributed by atoms with Gasteiger partial charge in [0.05, 0.1) is 31.3 Å². The number of ether oxygens (including phenoxy) is 4. The molecule has 23 heavy (non-hydrogen) atoms. The van der Waals surface area contributed by atoms with Crippen molar-refractivity contribution in [3.05, 3.63) is 22.2 Å². The number of hydrogen-bond acceptors (Lipinski definition) is 8. The number of hydrogen-bond donors (Lipinski definition) is 0. The van der Waals surface area contributed by atoms with Crippen LogP contribution >= 0.6 is 0 Å². The summed E-state index contributed by atoms with van der Waals surface area (Å²) in [6.07, 6.45) is 0.872. The van der Waals surface area contributed by atoms with E-state index >= 15 is 0 Å². The van der Waals surface area contributed by atoms with Crippen molar-refractivity contribution in [1.29, 1.82) is 0 Å². The topological polar surface area (TPSA) is 109 Å². The standard InChI is InChI=1S/C14H18N2O7/c1-4-22-14(17)9-15-10-7-13(23-6-5-20-2)12(21-3)8-11(10)16(18)19/h7-9H,4-6H2,1-3H3. The van der Waals surface area contributed by atoms with Crippen molar-refractivity contribution in [2.24, 2.45) is 4.99 Å². The van der Waals surface area contributed by atoms with E-state index in [1.807, 2.05) is 0 Å². The minimum Gasteiger partial charge on any atom is -0.493 e. The number of methoxy groups -OCH3 is 2. The van der Waals surface area contributed by atoms with Crippen molar-refractivity contribution >= 4 is 23.6 Å². The molecule has 9 heteroatoms. The second-order valence-electron chi connectivity index (χ2n) is 4.10. The summed E-state index contributed by atoms with van der Waals surface area (Å²) >= 11 is 0. The average Bonchev–Trinajstić information content (AvgIpc) is 2.53. The lowest BCUT2D eigenvalue weighted by Crippen LogP contribution is -2.06. The fourth-order valence-corrected chi connectivity index (χ4v) is 1.60. The molecule has 1 aromatic rings. The summed E-state index contributed by atoms with van der Waals surface area (Å²) in [6, 6.07) is 2.50. The highest BCUT2D eigenvalue weighted by Crippen LogP contribution is 2.39. The van der Waals surface area contributed by atoms with Crippen LogP contribution in [0.15, 0.2) is 17.1 Å². The second kappa shape index (κ2) is 9.36. The molecule has 9 nitrogen and oxygen atoms in total. The van der Waals surface area contributed by atoms with Crippen LogP contribution in [-0.4, -0.2) is 51.1 Å². The molecule has 1 aromatic carbocycles. The van der Waals surface area contributed by atoms with Crippen LogP contribution in [0.4, 0.5) is 11.4 Å². The summed E-state index contributed by atoms with van der Waals surface area (Å²) < 4.78 is 20.1. The number of nitro benzene ring substituents is 1. The molecule has 1 rings (SSSR count). The first-order chi connectivity index (χ1) is 11.0. The number of carbonyl (C=O) groups is 1. The molecule has 0 saturated heterocycles. The maximum absolute atomic E-state index is 11.3. The summed E-state index contributed by atoms with van der Waals surface area (Å²) in [6.45, 7) is 2.39. The third-order valence-corrected chi connectivity index (χ3v) is 2.60. The Morgan fingerprint density at radius 1 is 1.30 bits per heavy atom. The van der Waals surface area contributed by atoms with Gasteiger partial charge in [-0.15, -0.1) is 0 Å². The van der Waals surface area contributed by atoms with Crippen LogP contribution in [0.2, 0.25) is 0 Å². The fraction of sp³-hybridized carbons (Fsp3) is 0.429. The third kappa shape index (κ3) is 5.55. The van der Waals surface area contributed by atoms with Crippen molar-refractivity contribution in [2.75, 3.05) is 34.0 Å². The Morgan fingerprint density at radius 2 is 2.04 bits per heavy atom. The SMILES string of the molecule is CCOC(=O)C=Nc1cc(OCCOC)c(OC)cc1[N+](=O)[O-]. The molecule has 0 aliphatic heterocycles. The van der Waals surface area contributed by atoms with Gasteiger partial charge in [0.25, 0.3) is 5.69 Å². The number of rotatable bonds is 9. The molecule has 0 bridgehead atoms. The van der Waals surface area contributed by atoms with Gasteiger partial charge < -0.3 is 18.9 Å². The predicted molar refractivity (Wildman–Crippen MR) is 81.8 cm³/mol. The number of nitro groups is 1. The number of benzene rings is 1. The van der Waals surface area contributed by atoms with Crippen LogP contribution < -0.4 is 9.47 Å². The average molecular weight is 326 g/mol. The monoisotopic (exact) mass is 326 g/mol. The molecule has 0 saturated carbocycles. The summed E-state index contributed by atoms with van der Waals surface area (Å²) in [5.74, 6) is -0.256. The normalized spacial score (nSPS) is 10.6. The number of aliphatic imine (C=N–C) groups is 1. The summed E-state index contributed by atoms with van der Waals surface area (Å²) in [7, 11) is 2.88. The maximum Gasteiger partial charge on any atom is 0.349 e. The van der Waals surface area contributed by atoms with Crippen molar-refractivity contribution in [3.8, 4) is 11.5 Å². The summed E-state index contributed by atoms with van der Waals surface area (Å²) in [5.41, 5.74) is -0.363. The van der Waals surface area contributed by atoms with E-state index in [9.17, 15) is 14.9 Å². The molecule has 0 unspecified atom stereocenters. The van der Waals surface area contributed by atoms with E-state index in [1.54, 1.807) is 6.92 Å². The Kier molecular flexibility index (Phi) is 7.48. The lowest BCUT2D eigenvalue weighted by atomic mass is 10.2. The van der Waals surface area contributed by atoms with E-state index in [-0.39, 0.29) is 36.1 Å². The second-order valence-corrected chi connectivity index (χ2v) is 4.10. The van der Waals surface area contributed by atoms with Crippen molar-refractivity contribution in [1.82, 2.24) is 0 Å². The molecule has 0 spiro atoms. The molecule has 0 radical (unpaired) electrons. The molecule has 0 aliphatic rings. The molecular weight excluding hydrogens is 308 g/mol.